The Morgan fingerprint density at radius 1 is 1.00 bits per heavy atom. The van der Waals surface area contributed by atoms with Gasteiger partial charge in [-0.3, -0.25) is 14.8 Å². The number of aliphatic carboxylic acids is 1. The van der Waals surface area contributed by atoms with Crippen molar-refractivity contribution in [2.75, 3.05) is 0 Å². The van der Waals surface area contributed by atoms with Crippen LogP contribution in [0, 0.1) is 0 Å². The van der Waals surface area contributed by atoms with Crippen LogP contribution in [0.2, 0.25) is 0 Å². The van der Waals surface area contributed by atoms with Crippen molar-refractivity contribution in [2.45, 2.75) is 6.92 Å². The Labute approximate surface area is 99.8 Å². The maximum absolute atomic E-state index is 9.00. The summed E-state index contributed by atoms with van der Waals surface area (Å²) >= 11 is 0. The highest BCUT2D eigenvalue weighted by atomic mass is 16.4. The summed E-state index contributed by atoms with van der Waals surface area (Å²) in [4.78, 5) is 17.4. The maximum atomic E-state index is 9.00. The fourth-order valence-electron chi connectivity index (χ4n) is 1.03. The monoisotopic (exact) mass is 233 g/mol. The molecule has 17 heavy (non-hydrogen) atoms. The number of carboxylic acid groups (broad SMARTS) is 1. The molecule has 2 aromatic heterocycles. The predicted molar refractivity (Wildman–Crippen MR) is 65.8 cm³/mol. The van der Waals surface area contributed by atoms with Crippen molar-refractivity contribution in [2.24, 2.45) is 0 Å². The van der Waals surface area contributed by atoms with Gasteiger partial charge in [0.05, 0.1) is 11.4 Å². The van der Waals surface area contributed by atoms with Gasteiger partial charge in [-0.05, 0) is 24.3 Å². The lowest BCUT2D eigenvalue weighted by Gasteiger charge is -1.96. The normalized spacial score (nSPS) is 8.29. The minimum atomic E-state index is -0.833. The van der Waals surface area contributed by atoms with E-state index in [1.54, 1.807) is 12.4 Å². The van der Waals surface area contributed by atoms with Crippen molar-refractivity contribution < 1.29 is 9.90 Å². The molecule has 2 aromatic rings. The van der Waals surface area contributed by atoms with E-state index in [0.29, 0.717) is 0 Å². The van der Waals surface area contributed by atoms with E-state index in [1.165, 1.54) is 0 Å². The van der Waals surface area contributed by atoms with E-state index in [4.69, 9.17) is 9.90 Å². The summed E-state index contributed by atoms with van der Waals surface area (Å²) in [6.45, 7) is 1.08. The lowest BCUT2D eigenvalue weighted by Crippen LogP contribution is -1.83. The van der Waals surface area contributed by atoms with Crippen LogP contribution in [0.25, 0.3) is 11.4 Å². The van der Waals surface area contributed by atoms with Gasteiger partial charge in [-0.1, -0.05) is 12.1 Å². The van der Waals surface area contributed by atoms with E-state index in [1.807, 2.05) is 36.4 Å². The van der Waals surface area contributed by atoms with Crippen LogP contribution in [-0.4, -0.2) is 21.0 Å². The fourth-order valence-corrected chi connectivity index (χ4v) is 1.03. The largest absolute Gasteiger partial charge is 0.481 e. The molecule has 0 radical (unpaired) electrons. The average molecular weight is 233 g/mol. The summed E-state index contributed by atoms with van der Waals surface area (Å²) in [7, 11) is 0. The second-order valence-corrected chi connectivity index (χ2v) is 2.95. The minimum absolute atomic E-state index is 0. The zero-order chi connectivity index (χ0) is 11.8. The van der Waals surface area contributed by atoms with Crippen LogP contribution >= 0.6 is 0 Å². The summed E-state index contributed by atoms with van der Waals surface area (Å²) in [5.41, 5.74) is 1.83. The van der Waals surface area contributed by atoms with Gasteiger partial charge in [0.15, 0.2) is 0 Å². The number of aromatic nitrogens is 2. The molecular weight excluding hydrogens is 218 g/mol. The van der Waals surface area contributed by atoms with Crippen molar-refractivity contribution in [3.8, 4) is 11.4 Å². The molecule has 0 aromatic carbocycles. The first-order valence-corrected chi connectivity index (χ1v) is 4.72. The highest BCUT2D eigenvalue weighted by Crippen LogP contribution is 2.10. The molecule has 5 heteroatoms. The molecule has 0 aliphatic rings. The van der Waals surface area contributed by atoms with Gasteiger partial charge in [0.2, 0.25) is 0 Å². The first-order valence-electron chi connectivity index (χ1n) is 4.72. The molecule has 0 aliphatic heterocycles. The van der Waals surface area contributed by atoms with Gasteiger partial charge in [0, 0.05) is 19.3 Å². The number of nitrogens with zero attached hydrogens (tertiary/aromatic N) is 2. The topological polar surface area (TPSA) is 98.1 Å². The molecule has 0 aliphatic carbocycles. The first kappa shape index (κ1) is 14.7. The SMILES string of the molecule is CC(=O)O.N.c1ccc(-c2ccccn2)nc1. The Bertz CT molecular complexity index is 391. The molecule has 2 rings (SSSR count). The van der Waals surface area contributed by atoms with Gasteiger partial charge in [-0.2, -0.15) is 0 Å². The number of pyridine rings is 2. The van der Waals surface area contributed by atoms with Gasteiger partial charge in [-0.25, -0.2) is 0 Å². The zero-order valence-corrected chi connectivity index (χ0v) is 9.58. The molecule has 0 atom stereocenters. The molecule has 4 N–H and O–H groups in total. The molecule has 0 unspecified atom stereocenters. The molecular formula is C12H15N3O2. The van der Waals surface area contributed by atoms with E-state index in [-0.39, 0.29) is 6.15 Å². The number of hydrogen-bond acceptors (Lipinski definition) is 4. The van der Waals surface area contributed by atoms with Crippen molar-refractivity contribution in [1.29, 1.82) is 0 Å². The molecule has 0 fully saturated rings. The van der Waals surface area contributed by atoms with Crippen molar-refractivity contribution >= 4 is 5.97 Å². The van der Waals surface area contributed by atoms with Crippen molar-refractivity contribution in [1.82, 2.24) is 16.1 Å². The molecule has 5 nitrogen and oxygen atoms in total. The number of carbonyl (C=O) groups is 1. The van der Waals surface area contributed by atoms with Crippen LogP contribution in [0.5, 0.6) is 0 Å². The smallest absolute Gasteiger partial charge is 0.300 e. The summed E-state index contributed by atoms with van der Waals surface area (Å²) in [6.07, 6.45) is 3.54. The van der Waals surface area contributed by atoms with Crippen LogP contribution in [0.3, 0.4) is 0 Å². The van der Waals surface area contributed by atoms with Gasteiger partial charge in [0.1, 0.15) is 0 Å². The quantitative estimate of drug-likeness (QED) is 0.788. The fraction of sp³-hybridized carbons (Fsp3) is 0.0833. The Morgan fingerprint density at radius 3 is 1.59 bits per heavy atom. The number of hydrogen-bond donors (Lipinski definition) is 2. The lowest BCUT2D eigenvalue weighted by atomic mass is 10.2. The zero-order valence-electron chi connectivity index (χ0n) is 9.58. The third-order valence-electron chi connectivity index (χ3n) is 1.59. The van der Waals surface area contributed by atoms with Gasteiger partial charge >= 0.3 is 0 Å². The Hall–Kier alpha value is -2.27. The van der Waals surface area contributed by atoms with Crippen LogP contribution < -0.4 is 6.15 Å². The lowest BCUT2D eigenvalue weighted by molar-refractivity contribution is -0.134. The number of carboxylic acids is 1. The molecule has 0 bridgehead atoms. The minimum Gasteiger partial charge on any atom is -0.481 e. The molecule has 0 spiro atoms. The summed E-state index contributed by atoms with van der Waals surface area (Å²) in [5.74, 6) is -0.833. The van der Waals surface area contributed by atoms with Crippen LogP contribution in [0.4, 0.5) is 0 Å². The van der Waals surface area contributed by atoms with Gasteiger partial charge < -0.3 is 11.3 Å². The second kappa shape index (κ2) is 7.95. The van der Waals surface area contributed by atoms with Crippen molar-refractivity contribution in [3.05, 3.63) is 48.8 Å². The highest BCUT2D eigenvalue weighted by molar-refractivity contribution is 5.62. The molecule has 0 saturated heterocycles. The summed E-state index contributed by atoms with van der Waals surface area (Å²) < 4.78 is 0. The van der Waals surface area contributed by atoms with Crippen LogP contribution in [0.1, 0.15) is 6.92 Å². The van der Waals surface area contributed by atoms with E-state index in [0.717, 1.165) is 18.3 Å². The van der Waals surface area contributed by atoms with Crippen LogP contribution in [-0.2, 0) is 4.79 Å². The summed E-state index contributed by atoms with van der Waals surface area (Å²) in [5, 5.41) is 7.42. The van der Waals surface area contributed by atoms with Gasteiger partial charge in [0.25, 0.3) is 5.97 Å². The third-order valence-corrected chi connectivity index (χ3v) is 1.59. The second-order valence-electron chi connectivity index (χ2n) is 2.95. The molecule has 90 valence electrons. The number of rotatable bonds is 1. The Balaban J connectivity index is 0.000000453. The third kappa shape index (κ3) is 6.01. The predicted octanol–water partition coefficient (Wildman–Crippen LogP) is 2.40. The highest BCUT2D eigenvalue weighted by Gasteiger charge is 1.95. The molecule has 0 saturated carbocycles. The van der Waals surface area contributed by atoms with Crippen molar-refractivity contribution in [3.63, 3.8) is 0 Å². The van der Waals surface area contributed by atoms with E-state index < -0.39 is 5.97 Å². The standard InChI is InChI=1S/C10H8N2.C2H4O2.H3N/c1-3-7-11-9(5-1)10-6-2-4-8-12-10;1-2(3)4;/h1-8H;1H3,(H,3,4);1H3. The van der Waals surface area contributed by atoms with E-state index >= 15 is 0 Å². The summed E-state index contributed by atoms with van der Waals surface area (Å²) in [6, 6.07) is 11.6. The molecule has 0 amide bonds. The Morgan fingerprint density at radius 2 is 1.35 bits per heavy atom. The Kier molecular flexibility index (Phi) is 6.89. The van der Waals surface area contributed by atoms with E-state index in [9.17, 15) is 0 Å². The van der Waals surface area contributed by atoms with Gasteiger partial charge in [-0.15, -0.1) is 0 Å². The first-order chi connectivity index (χ1) is 7.70. The average Bonchev–Trinajstić information content (AvgIpc) is 2.31. The van der Waals surface area contributed by atoms with E-state index in [2.05, 4.69) is 9.97 Å². The maximum Gasteiger partial charge on any atom is 0.300 e. The molecule has 2 heterocycles. The van der Waals surface area contributed by atoms with Crippen LogP contribution in [0.15, 0.2) is 48.8 Å².